The number of rotatable bonds is 5. The summed E-state index contributed by atoms with van der Waals surface area (Å²) < 4.78 is 27.9. The molecule has 1 aliphatic heterocycles. The van der Waals surface area contributed by atoms with E-state index in [1.807, 2.05) is 18.2 Å². The molecule has 34 heavy (non-hydrogen) atoms. The van der Waals surface area contributed by atoms with Gasteiger partial charge < -0.3 is 15.5 Å². The lowest BCUT2D eigenvalue weighted by molar-refractivity contribution is 0.501. The van der Waals surface area contributed by atoms with Crippen molar-refractivity contribution in [2.45, 2.75) is 17.9 Å². The molecule has 0 saturated carbocycles. The predicted octanol–water partition coefficient (Wildman–Crippen LogP) is 3.69. The van der Waals surface area contributed by atoms with Crippen molar-refractivity contribution in [1.82, 2.24) is 14.3 Å². The molecule has 4 aromatic rings. The summed E-state index contributed by atoms with van der Waals surface area (Å²) in [5.74, 6) is 0.527. The van der Waals surface area contributed by atoms with E-state index >= 15 is 0 Å². The van der Waals surface area contributed by atoms with Crippen molar-refractivity contribution in [3.63, 3.8) is 0 Å². The lowest BCUT2D eigenvalue weighted by atomic mass is 10.1. The monoisotopic (exact) mass is 472 g/mol. The maximum absolute atomic E-state index is 13.3. The highest BCUT2D eigenvalue weighted by Crippen LogP contribution is 2.27. The van der Waals surface area contributed by atoms with Gasteiger partial charge in [-0.3, -0.25) is 0 Å². The van der Waals surface area contributed by atoms with Crippen LogP contribution in [0.15, 0.2) is 78.0 Å². The number of nitrogens with one attached hydrogen (secondary N) is 2. The number of aromatic nitrogens is 2. The largest absolute Gasteiger partial charge is 0.366 e. The second-order valence-electron chi connectivity index (χ2n) is 8.27. The molecule has 0 spiro atoms. The highest BCUT2D eigenvalue weighted by molar-refractivity contribution is 7.90. The van der Waals surface area contributed by atoms with Crippen LogP contribution in [0.3, 0.4) is 0 Å². The van der Waals surface area contributed by atoms with Gasteiger partial charge >= 0.3 is 0 Å². The molecule has 0 radical (unpaired) electrons. The Kier molecular flexibility index (Phi) is 5.69. The third-order valence-corrected chi connectivity index (χ3v) is 7.80. The molecule has 5 rings (SSSR count). The molecule has 1 fully saturated rings. The molecule has 1 atom stereocenters. The fourth-order valence-electron chi connectivity index (χ4n) is 4.28. The third-order valence-electron chi connectivity index (χ3n) is 6.06. The zero-order valence-electron chi connectivity index (χ0n) is 18.6. The maximum Gasteiger partial charge on any atom is 0.269 e. The zero-order valence-corrected chi connectivity index (χ0v) is 19.5. The summed E-state index contributed by atoms with van der Waals surface area (Å²) in [4.78, 5) is 6.79. The van der Waals surface area contributed by atoms with Crippen molar-refractivity contribution in [1.29, 1.82) is 5.26 Å². The highest BCUT2D eigenvalue weighted by Gasteiger charge is 2.22. The van der Waals surface area contributed by atoms with Crippen molar-refractivity contribution in [3.05, 3.63) is 78.6 Å². The van der Waals surface area contributed by atoms with Crippen LogP contribution in [-0.2, 0) is 10.0 Å². The van der Waals surface area contributed by atoms with Crippen molar-refractivity contribution in [3.8, 4) is 6.07 Å². The van der Waals surface area contributed by atoms with Crippen molar-refractivity contribution in [2.24, 2.45) is 0 Å². The molecule has 0 unspecified atom stereocenters. The fraction of sp³-hybridized carbons (Fsp3) is 0.200. The van der Waals surface area contributed by atoms with Crippen LogP contribution in [0.4, 0.5) is 17.2 Å². The van der Waals surface area contributed by atoms with Crippen molar-refractivity contribution >= 4 is 38.1 Å². The van der Waals surface area contributed by atoms with E-state index in [2.05, 4.69) is 39.6 Å². The summed E-state index contributed by atoms with van der Waals surface area (Å²) >= 11 is 0. The van der Waals surface area contributed by atoms with Crippen LogP contribution in [0.5, 0.6) is 0 Å². The first kappa shape index (κ1) is 21.9. The quantitative estimate of drug-likeness (QED) is 0.457. The van der Waals surface area contributed by atoms with Crippen LogP contribution in [0.25, 0.3) is 10.9 Å². The summed E-state index contributed by atoms with van der Waals surface area (Å²) in [5, 5.41) is 16.7. The molecule has 1 saturated heterocycles. The van der Waals surface area contributed by atoms with E-state index in [9.17, 15) is 13.7 Å². The molecule has 172 valence electrons. The minimum absolute atomic E-state index is 0.0287. The Morgan fingerprint density at radius 2 is 1.94 bits per heavy atom. The van der Waals surface area contributed by atoms with Gasteiger partial charge in [-0.15, -0.1) is 0 Å². The highest BCUT2D eigenvalue weighted by atomic mass is 32.2. The number of nitriles is 1. The Morgan fingerprint density at radius 3 is 2.71 bits per heavy atom. The number of nitrogens with zero attached hydrogens (tertiary/aromatic N) is 4. The van der Waals surface area contributed by atoms with Gasteiger partial charge in [-0.25, -0.2) is 17.4 Å². The molecule has 9 heteroatoms. The molecule has 2 N–H and O–H groups in total. The number of piperazine rings is 1. The molecule has 0 aliphatic carbocycles. The van der Waals surface area contributed by atoms with Gasteiger partial charge in [0.25, 0.3) is 10.0 Å². The van der Waals surface area contributed by atoms with Gasteiger partial charge in [0.1, 0.15) is 16.8 Å². The van der Waals surface area contributed by atoms with Crippen LogP contribution in [0, 0.1) is 11.3 Å². The lowest BCUT2D eigenvalue weighted by Crippen LogP contribution is -2.49. The van der Waals surface area contributed by atoms with E-state index in [1.54, 1.807) is 30.5 Å². The first-order valence-electron chi connectivity index (χ1n) is 11.0. The molecule has 0 bridgehead atoms. The molecule has 2 aromatic heterocycles. The minimum Gasteiger partial charge on any atom is -0.366 e. The van der Waals surface area contributed by atoms with E-state index in [1.165, 1.54) is 28.0 Å². The van der Waals surface area contributed by atoms with E-state index in [-0.39, 0.29) is 10.5 Å². The van der Waals surface area contributed by atoms with Gasteiger partial charge in [0.05, 0.1) is 11.1 Å². The fourth-order valence-corrected chi connectivity index (χ4v) is 5.77. The standard InChI is InChI=1S/C25H24N6O2S/c1-18-16-27-11-13-30(18)22-8-6-21(7-9-22)29-25-14-23-20(17-28-25)10-12-31(23)34(32,33)24-5-3-2-4-19(24)15-26/h2-10,12,14,17-18,27H,11,13,16H2,1H3,(H,28,29)/t18-/m0/s1. The number of fused-ring (bicyclic) bond motifs is 1. The van der Waals surface area contributed by atoms with Crippen LogP contribution in [-0.4, -0.2) is 43.1 Å². The predicted molar refractivity (Wildman–Crippen MR) is 133 cm³/mol. The molecular weight excluding hydrogens is 448 g/mol. The van der Waals surface area contributed by atoms with Gasteiger partial charge in [0, 0.05) is 60.9 Å². The summed E-state index contributed by atoms with van der Waals surface area (Å²) in [6.45, 7) is 5.10. The van der Waals surface area contributed by atoms with Crippen LogP contribution >= 0.6 is 0 Å². The van der Waals surface area contributed by atoms with E-state index in [4.69, 9.17) is 0 Å². The van der Waals surface area contributed by atoms with Crippen LogP contribution in [0.2, 0.25) is 0 Å². The van der Waals surface area contributed by atoms with E-state index in [0.29, 0.717) is 22.8 Å². The second-order valence-corrected chi connectivity index (χ2v) is 10.1. The molecule has 0 amide bonds. The number of hydrogen-bond acceptors (Lipinski definition) is 7. The van der Waals surface area contributed by atoms with Gasteiger partial charge in [-0.05, 0) is 49.4 Å². The number of hydrogen-bond donors (Lipinski definition) is 2. The first-order chi connectivity index (χ1) is 16.5. The van der Waals surface area contributed by atoms with Crippen LogP contribution < -0.4 is 15.5 Å². The second kappa shape index (κ2) is 8.82. The Hall–Kier alpha value is -3.87. The minimum atomic E-state index is -3.95. The number of anilines is 3. The average Bonchev–Trinajstić information content (AvgIpc) is 3.29. The third kappa shape index (κ3) is 3.98. The van der Waals surface area contributed by atoms with E-state index < -0.39 is 10.0 Å². The molecule has 8 nitrogen and oxygen atoms in total. The molecule has 3 heterocycles. The molecule has 1 aliphatic rings. The summed E-state index contributed by atoms with van der Waals surface area (Å²) in [6.07, 6.45) is 3.12. The first-order valence-corrected chi connectivity index (χ1v) is 12.5. The Labute approximate surface area is 198 Å². The molecular formula is C25H24N6O2S. The summed E-state index contributed by atoms with van der Waals surface area (Å²) in [7, 11) is -3.95. The maximum atomic E-state index is 13.3. The number of benzene rings is 2. The van der Waals surface area contributed by atoms with Gasteiger partial charge in [0.2, 0.25) is 0 Å². The van der Waals surface area contributed by atoms with Crippen molar-refractivity contribution < 1.29 is 8.42 Å². The average molecular weight is 473 g/mol. The Bertz CT molecular complexity index is 1490. The van der Waals surface area contributed by atoms with Gasteiger partial charge in [-0.1, -0.05) is 12.1 Å². The zero-order chi connectivity index (χ0) is 23.7. The van der Waals surface area contributed by atoms with E-state index in [0.717, 1.165) is 25.3 Å². The number of pyridine rings is 1. The molecule has 2 aromatic carbocycles. The normalized spacial score (nSPS) is 16.4. The topological polar surface area (TPSA) is 103 Å². The Balaban J connectivity index is 1.44. The Morgan fingerprint density at radius 1 is 1.15 bits per heavy atom. The van der Waals surface area contributed by atoms with Crippen LogP contribution in [0.1, 0.15) is 12.5 Å². The van der Waals surface area contributed by atoms with Gasteiger partial charge in [-0.2, -0.15) is 5.26 Å². The summed E-state index contributed by atoms with van der Waals surface area (Å²) in [6, 6.07) is 20.1. The summed E-state index contributed by atoms with van der Waals surface area (Å²) in [5.41, 5.74) is 2.61. The SMILES string of the molecule is C[C@H]1CNCCN1c1ccc(Nc2cc3c(ccn3S(=O)(=O)c3ccccc3C#N)cn2)cc1. The van der Waals surface area contributed by atoms with Gasteiger partial charge in [0.15, 0.2) is 0 Å². The smallest absolute Gasteiger partial charge is 0.269 e. The lowest BCUT2D eigenvalue weighted by Gasteiger charge is -2.36. The van der Waals surface area contributed by atoms with Crippen molar-refractivity contribution in [2.75, 3.05) is 29.9 Å².